The fourth-order valence-electron chi connectivity index (χ4n) is 4.56. The topological polar surface area (TPSA) is 105 Å². The Kier molecular flexibility index (Phi) is 7.97. The molecule has 11 heteroatoms. The Hall–Kier alpha value is -4.44. The summed E-state index contributed by atoms with van der Waals surface area (Å²) in [6.07, 6.45) is -0.00272. The maximum absolute atomic E-state index is 13.3. The number of alkyl halides is 2. The number of hydrogen-bond donors (Lipinski definition) is 2. The van der Waals surface area contributed by atoms with Crippen molar-refractivity contribution in [1.29, 1.82) is 0 Å². The zero-order valence-corrected chi connectivity index (χ0v) is 22.4. The lowest BCUT2D eigenvalue weighted by Crippen LogP contribution is -2.08. The molecule has 204 valence electrons. The third kappa shape index (κ3) is 5.62. The highest BCUT2D eigenvalue weighted by Crippen LogP contribution is 2.35. The summed E-state index contributed by atoms with van der Waals surface area (Å²) in [4.78, 5) is 8.60. The van der Waals surface area contributed by atoms with Crippen LogP contribution in [0.3, 0.4) is 0 Å². The van der Waals surface area contributed by atoms with Gasteiger partial charge in [0, 0.05) is 24.1 Å². The molecule has 0 unspecified atom stereocenters. The van der Waals surface area contributed by atoms with E-state index in [-0.39, 0.29) is 16.6 Å². The minimum atomic E-state index is -2.66. The molecule has 2 aromatic carbocycles. The summed E-state index contributed by atoms with van der Waals surface area (Å²) in [5, 5.41) is 24.8. The molecule has 8 nitrogen and oxygen atoms in total. The van der Waals surface area contributed by atoms with E-state index < -0.39 is 6.43 Å². The maximum Gasteiger partial charge on any atom is 0.280 e. The number of tetrazole rings is 1. The molecule has 0 saturated carbocycles. The third-order valence-corrected chi connectivity index (χ3v) is 6.80. The zero-order valence-electron chi connectivity index (χ0n) is 21.7. The molecule has 0 amide bonds. The largest absolute Gasteiger partial charge is 0.506 e. The number of aliphatic hydroxyl groups is 1. The average molecular weight is 562 g/mol. The van der Waals surface area contributed by atoms with Crippen LogP contribution in [0.25, 0.3) is 39.5 Å². The lowest BCUT2D eigenvalue weighted by Gasteiger charge is -2.14. The van der Waals surface area contributed by atoms with E-state index in [0.29, 0.717) is 29.3 Å². The fourth-order valence-corrected chi connectivity index (χ4v) is 4.87. The number of aromatic nitrogens is 7. The Bertz CT molecular complexity index is 1630. The first-order chi connectivity index (χ1) is 19.4. The number of aryl methyl sites for hydroxylation is 1. The highest BCUT2D eigenvalue weighted by Gasteiger charge is 2.19. The van der Waals surface area contributed by atoms with E-state index in [4.69, 9.17) is 11.6 Å². The van der Waals surface area contributed by atoms with Crippen molar-refractivity contribution in [2.45, 2.75) is 39.2 Å². The molecule has 3 aromatic heterocycles. The van der Waals surface area contributed by atoms with Crippen LogP contribution < -0.4 is 0 Å². The molecule has 0 bridgehead atoms. The highest BCUT2D eigenvalue weighted by atomic mass is 35.5. The second-order valence-electron chi connectivity index (χ2n) is 9.24. The Morgan fingerprint density at radius 1 is 1.05 bits per heavy atom. The first-order valence-electron chi connectivity index (χ1n) is 12.7. The molecule has 3 heterocycles. The van der Waals surface area contributed by atoms with Crippen molar-refractivity contribution in [3.05, 3.63) is 95.2 Å². The molecule has 2 N–H and O–H groups in total. The number of imidazole rings is 1. The number of unbranched alkanes of at least 4 members (excludes halogenated alkanes) is 1. The number of aliphatic hydroxyl groups excluding tert-OH is 1. The van der Waals surface area contributed by atoms with Crippen molar-refractivity contribution < 1.29 is 13.9 Å². The van der Waals surface area contributed by atoms with Crippen molar-refractivity contribution in [3.63, 3.8) is 0 Å². The van der Waals surface area contributed by atoms with E-state index in [1.807, 2.05) is 41.0 Å². The molecule has 0 radical (unpaired) electrons. The molecule has 0 fully saturated rings. The Balaban J connectivity index is 1.52. The number of nitrogens with one attached hydrogen (secondary N) is 1. The van der Waals surface area contributed by atoms with E-state index in [1.54, 1.807) is 18.2 Å². The summed E-state index contributed by atoms with van der Waals surface area (Å²) in [5.41, 5.74) is 4.55. The predicted octanol–water partition coefficient (Wildman–Crippen LogP) is 7.30. The molecule has 5 rings (SSSR count). The van der Waals surface area contributed by atoms with E-state index in [0.717, 1.165) is 47.3 Å². The van der Waals surface area contributed by atoms with Gasteiger partial charge in [-0.05, 0) is 52.6 Å². The molecule has 0 aliphatic heterocycles. The molecule has 0 aliphatic carbocycles. The zero-order chi connectivity index (χ0) is 28.2. The van der Waals surface area contributed by atoms with Crippen molar-refractivity contribution in [1.82, 2.24) is 35.2 Å². The van der Waals surface area contributed by atoms with Gasteiger partial charge in [0.15, 0.2) is 5.15 Å². The summed E-state index contributed by atoms with van der Waals surface area (Å²) in [5.74, 6) is 1.05. The monoisotopic (exact) mass is 561 g/mol. The fraction of sp³-hybridized carbons (Fsp3) is 0.207. The summed E-state index contributed by atoms with van der Waals surface area (Å²) in [6.45, 7) is 6.20. The third-order valence-electron chi connectivity index (χ3n) is 6.53. The van der Waals surface area contributed by atoms with Gasteiger partial charge in [0.1, 0.15) is 23.0 Å². The van der Waals surface area contributed by atoms with Gasteiger partial charge in [-0.15, -0.1) is 10.2 Å². The number of H-pyrrole nitrogens is 1. The average Bonchev–Trinajstić information content (AvgIpc) is 3.60. The molecule has 0 saturated heterocycles. The quantitative estimate of drug-likeness (QED) is 0.173. The van der Waals surface area contributed by atoms with Crippen molar-refractivity contribution in [2.24, 2.45) is 0 Å². The van der Waals surface area contributed by atoms with Crippen LogP contribution in [0, 0.1) is 0 Å². The number of benzene rings is 2. The molecule has 0 spiro atoms. The van der Waals surface area contributed by atoms with Crippen LogP contribution in [-0.2, 0) is 13.0 Å². The van der Waals surface area contributed by atoms with Gasteiger partial charge in [0.25, 0.3) is 6.43 Å². The number of rotatable bonds is 10. The van der Waals surface area contributed by atoms with Crippen molar-refractivity contribution >= 4 is 17.4 Å². The van der Waals surface area contributed by atoms with Gasteiger partial charge >= 0.3 is 0 Å². The smallest absolute Gasteiger partial charge is 0.280 e. The first kappa shape index (κ1) is 27.1. The second-order valence-corrected chi connectivity index (χ2v) is 9.60. The minimum Gasteiger partial charge on any atom is -0.506 e. The second kappa shape index (κ2) is 11.7. The van der Waals surface area contributed by atoms with Crippen molar-refractivity contribution in [2.75, 3.05) is 0 Å². The number of halogens is 3. The van der Waals surface area contributed by atoms with Crippen LogP contribution in [0.2, 0.25) is 5.15 Å². The molecule has 5 aromatic rings. The lowest BCUT2D eigenvalue weighted by molar-refractivity contribution is 0.146. The van der Waals surface area contributed by atoms with Crippen LogP contribution in [0.1, 0.15) is 49.0 Å². The van der Waals surface area contributed by atoms with Crippen LogP contribution in [0.5, 0.6) is 0 Å². The summed E-state index contributed by atoms with van der Waals surface area (Å²) < 4.78 is 28.5. The van der Waals surface area contributed by atoms with Gasteiger partial charge < -0.3 is 9.67 Å². The van der Waals surface area contributed by atoms with Crippen LogP contribution in [0.4, 0.5) is 8.78 Å². The van der Waals surface area contributed by atoms with Crippen LogP contribution >= 0.6 is 11.6 Å². The Morgan fingerprint density at radius 2 is 1.82 bits per heavy atom. The highest BCUT2D eigenvalue weighted by molar-refractivity contribution is 6.30. The normalized spacial score (nSPS) is 11.3. The SMILES string of the molecule is C=C(O)c1c(Cl)nc(CCCC)n1Cc1ccc(-c2cc(-c3cccc(C(F)F)n3)ccc2-c2nn[nH]n2)cc1. The molecule has 0 atom stereocenters. The van der Waals surface area contributed by atoms with Crippen LogP contribution in [-0.4, -0.2) is 40.3 Å². The number of hydrogen-bond acceptors (Lipinski definition) is 6. The van der Waals surface area contributed by atoms with E-state index in [2.05, 4.69) is 44.1 Å². The number of nitrogens with zero attached hydrogens (tertiary/aromatic N) is 6. The van der Waals surface area contributed by atoms with Crippen molar-refractivity contribution in [3.8, 4) is 33.8 Å². The van der Waals surface area contributed by atoms with Gasteiger partial charge in [-0.25, -0.2) is 18.7 Å². The minimum absolute atomic E-state index is 0.136. The molecular formula is C29H26ClF2N7O. The van der Waals surface area contributed by atoms with Crippen LogP contribution in [0.15, 0.2) is 67.2 Å². The van der Waals surface area contributed by atoms with E-state index in [9.17, 15) is 13.9 Å². The predicted molar refractivity (Wildman–Crippen MR) is 150 cm³/mol. The molecular weight excluding hydrogens is 536 g/mol. The standard InChI is InChI=1S/C29H26ClF2N7O/c1-3-4-8-25-34-27(30)26(17(2)40)39(25)16-18-9-11-19(12-10-18)22-15-20(13-14-21(22)29-35-37-38-36-29)23-6-5-7-24(33-23)28(31)32/h5-7,9-15,28,40H,2-4,8,16H2,1H3,(H,35,36,37,38). The molecule has 0 aliphatic rings. The Labute approximate surface area is 234 Å². The van der Waals surface area contributed by atoms with E-state index in [1.165, 1.54) is 6.07 Å². The van der Waals surface area contributed by atoms with E-state index >= 15 is 0 Å². The summed E-state index contributed by atoms with van der Waals surface area (Å²) in [7, 11) is 0. The first-order valence-corrected chi connectivity index (χ1v) is 13.1. The lowest BCUT2D eigenvalue weighted by atomic mass is 9.95. The number of aromatic amines is 1. The van der Waals surface area contributed by atoms with Gasteiger partial charge in [0.05, 0.1) is 5.69 Å². The van der Waals surface area contributed by atoms with Gasteiger partial charge in [-0.1, -0.05) is 67.9 Å². The summed E-state index contributed by atoms with van der Waals surface area (Å²) >= 11 is 6.34. The number of pyridine rings is 1. The molecule has 40 heavy (non-hydrogen) atoms. The van der Waals surface area contributed by atoms with Gasteiger partial charge in [-0.2, -0.15) is 5.21 Å². The summed E-state index contributed by atoms with van der Waals surface area (Å²) in [6, 6.07) is 17.9. The van der Waals surface area contributed by atoms with Gasteiger partial charge in [-0.3, -0.25) is 0 Å². The van der Waals surface area contributed by atoms with Gasteiger partial charge in [0.2, 0.25) is 5.82 Å². The maximum atomic E-state index is 13.3. The Morgan fingerprint density at radius 3 is 2.50 bits per heavy atom.